The van der Waals surface area contributed by atoms with Gasteiger partial charge in [0.1, 0.15) is 5.82 Å². The summed E-state index contributed by atoms with van der Waals surface area (Å²) in [5.41, 5.74) is 1.57. The first kappa shape index (κ1) is 19.1. The van der Waals surface area contributed by atoms with Gasteiger partial charge in [0, 0.05) is 13.6 Å². The van der Waals surface area contributed by atoms with E-state index in [2.05, 4.69) is 15.5 Å². The quantitative estimate of drug-likeness (QED) is 0.634. The Balaban J connectivity index is 1.58. The Morgan fingerprint density at radius 2 is 1.85 bits per heavy atom. The fourth-order valence-electron chi connectivity index (χ4n) is 2.62. The second-order valence-corrected chi connectivity index (χ2v) is 7.44. The number of thioether (sulfide) groups is 1. The number of amides is 1. The van der Waals surface area contributed by atoms with Gasteiger partial charge in [-0.05, 0) is 31.0 Å². The molecule has 1 atom stereocenters. The zero-order valence-electron chi connectivity index (χ0n) is 15.2. The van der Waals surface area contributed by atoms with E-state index in [1.54, 1.807) is 29.8 Å². The van der Waals surface area contributed by atoms with Crippen LogP contribution in [0.5, 0.6) is 0 Å². The minimum atomic E-state index is -0.351. The Kier molecular flexibility index (Phi) is 6.24. The lowest BCUT2D eigenvalue weighted by molar-refractivity contribution is -0.120. The van der Waals surface area contributed by atoms with Gasteiger partial charge in [0.15, 0.2) is 11.0 Å². The molecule has 0 fully saturated rings. The third kappa shape index (κ3) is 4.74. The molecule has 5 nitrogen and oxygen atoms in total. The van der Waals surface area contributed by atoms with Gasteiger partial charge in [-0.3, -0.25) is 4.79 Å². The Bertz CT molecular complexity index is 913. The maximum absolute atomic E-state index is 14.0. The molecule has 27 heavy (non-hydrogen) atoms. The molecule has 140 valence electrons. The normalized spacial score (nSPS) is 12.0. The molecule has 0 bridgehead atoms. The third-order valence-electron chi connectivity index (χ3n) is 4.16. The second-order valence-electron chi connectivity index (χ2n) is 6.13. The summed E-state index contributed by atoms with van der Waals surface area (Å²) in [4.78, 5) is 12.3. The average Bonchev–Trinajstić information content (AvgIpc) is 3.03. The molecular formula is C20H21FN4OS. The first-order valence-corrected chi connectivity index (χ1v) is 9.57. The molecule has 0 radical (unpaired) electrons. The smallest absolute Gasteiger partial charge is 0.233 e. The highest BCUT2D eigenvalue weighted by molar-refractivity contribution is 8.00. The number of benzene rings is 2. The minimum Gasteiger partial charge on any atom is -0.355 e. The molecule has 2 aromatic carbocycles. The summed E-state index contributed by atoms with van der Waals surface area (Å²) >= 11 is 1.30. The maximum atomic E-state index is 14.0. The van der Waals surface area contributed by atoms with E-state index in [1.807, 2.05) is 37.3 Å². The third-order valence-corrected chi connectivity index (χ3v) is 5.29. The van der Waals surface area contributed by atoms with Crippen molar-refractivity contribution in [3.05, 3.63) is 66.0 Å². The van der Waals surface area contributed by atoms with Gasteiger partial charge in [-0.1, -0.05) is 54.2 Å². The molecule has 0 saturated carbocycles. The number of carbonyl (C=O) groups excluding carboxylic acids is 1. The number of nitrogens with one attached hydrogen (secondary N) is 1. The average molecular weight is 384 g/mol. The van der Waals surface area contributed by atoms with Crippen LogP contribution in [0.1, 0.15) is 12.5 Å². The molecule has 0 aliphatic carbocycles. The second kappa shape index (κ2) is 8.81. The SMILES string of the molecule is C[C@@H](Sc1nnc(-c2ccccc2F)n1C)C(=O)NCCc1ccccc1. The Hall–Kier alpha value is -2.67. The van der Waals surface area contributed by atoms with Gasteiger partial charge in [-0.2, -0.15) is 0 Å². The van der Waals surface area contributed by atoms with Crippen molar-refractivity contribution in [3.8, 4) is 11.4 Å². The number of hydrogen-bond donors (Lipinski definition) is 1. The number of aromatic nitrogens is 3. The van der Waals surface area contributed by atoms with E-state index in [0.29, 0.717) is 23.1 Å². The molecule has 0 spiro atoms. The van der Waals surface area contributed by atoms with Gasteiger partial charge in [0.25, 0.3) is 0 Å². The monoisotopic (exact) mass is 384 g/mol. The maximum Gasteiger partial charge on any atom is 0.233 e. The molecule has 0 saturated heterocycles. The van der Waals surface area contributed by atoms with Crippen LogP contribution >= 0.6 is 11.8 Å². The van der Waals surface area contributed by atoms with Crippen LogP contribution in [0, 0.1) is 5.82 Å². The standard InChI is InChI=1S/C20H21FN4OS/c1-14(19(26)22-13-12-15-8-4-3-5-9-15)27-20-24-23-18(25(20)2)16-10-6-7-11-17(16)21/h3-11,14H,12-13H2,1-2H3,(H,22,26)/t14-/m1/s1. The number of rotatable bonds is 7. The summed E-state index contributed by atoms with van der Waals surface area (Å²) < 4.78 is 15.7. The number of hydrogen-bond acceptors (Lipinski definition) is 4. The topological polar surface area (TPSA) is 59.8 Å². The highest BCUT2D eigenvalue weighted by atomic mass is 32.2. The van der Waals surface area contributed by atoms with E-state index in [1.165, 1.54) is 23.4 Å². The van der Waals surface area contributed by atoms with Crippen LogP contribution < -0.4 is 5.32 Å². The predicted molar refractivity (Wildman–Crippen MR) is 105 cm³/mol. The van der Waals surface area contributed by atoms with Crippen molar-refractivity contribution in [2.24, 2.45) is 7.05 Å². The summed E-state index contributed by atoms with van der Waals surface area (Å²) in [6, 6.07) is 16.4. The molecule has 0 unspecified atom stereocenters. The van der Waals surface area contributed by atoms with Crippen LogP contribution in [0.25, 0.3) is 11.4 Å². The molecule has 7 heteroatoms. The summed E-state index contributed by atoms with van der Waals surface area (Å²) in [6.45, 7) is 2.40. The first-order chi connectivity index (χ1) is 13.1. The van der Waals surface area contributed by atoms with E-state index in [4.69, 9.17) is 0 Å². The van der Waals surface area contributed by atoms with Crippen LogP contribution in [-0.4, -0.2) is 32.5 Å². The van der Waals surface area contributed by atoms with Crippen LogP contribution in [-0.2, 0) is 18.3 Å². The van der Waals surface area contributed by atoms with E-state index in [-0.39, 0.29) is 17.0 Å². The van der Waals surface area contributed by atoms with Gasteiger partial charge < -0.3 is 9.88 Å². The molecule has 0 aliphatic rings. The molecule has 3 aromatic rings. The summed E-state index contributed by atoms with van der Waals surface area (Å²) in [5, 5.41) is 11.4. The highest BCUT2D eigenvalue weighted by Gasteiger charge is 2.20. The summed E-state index contributed by atoms with van der Waals surface area (Å²) in [7, 11) is 1.77. The molecule has 1 amide bonds. The van der Waals surface area contributed by atoms with E-state index < -0.39 is 0 Å². The highest BCUT2D eigenvalue weighted by Crippen LogP contribution is 2.26. The van der Waals surface area contributed by atoms with Crippen LogP contribution in [0.4, 0.5) is 4.39 Å². The molecular weight excluding hydrogens is 363 g/mol. The van der Waals surface area contributed by atoms with Crippen molar-refractivity contribution < 1.29 is 9.18 Å². The number of carbonyl (C=O) groups is 1. The van der Waals surface area contributed by atoms with Crippen molar-refractivity contribution in [1.29, 1.82) is 0 Å². The predicted octanol–water partition coefficient (Wildman–Crippen LogP) is 3.46. The molecule has 3 rings (SSSR count). The van der Waals surface area contributed by atoms with Crippen molar-refractivity contribution >= 4 is 17.7 Å². The van der Waals surface area contributed by atoms with Gasteiger partial charge >= 0.3 is 0 Å². The number of halogens is 1. The van der Waals surface area contributed by atoms with Crippen molar-refractivity contribution in [2.75, 3.05) is 6.54 Å². The number of nitrogens with zero attached hydrogens (tertiary/aromatic N) is 3. The molecule has 1 aromatic heterocycles. The lowest BCUT2D eigenvalue weighted by atomic mass is 10.1. The lowest BCUT2D eigenvalue weighted by Gasteiger charge is -2.12. The van der Waals surface area contributed by atoms with Crippen LogP contribution in [0.3, 0.4) is 0 Å². The fourth-order valence-corrected chi connectivity index (χ4v) is 3.46. The van der Waals surface area contributed by atoms with E-state index >= 15 is 0 Å². The lowest BCUT2D eigenvalue weighted by Crippen LogP contribution is -2.32. The molecule has 1 heterocycles. The summed E-state index contributed by atoms with van der Waals surface area (Å²) in [6.07, 6.45) is 0.783. The first-order valence-electron chi connectivity index (χ1n) is 8.69. The van der Waals surface area contributed by atoms with E-state index in [0.717, 1.165) is 6.42 Å². The molecule has 1 N–H and O–H groups in total. The van der Waals surface area contributed by atoms with Crippen molar-refractivity contribution in [3.63, 3.8) is 0 Å². The van der Waals surface area contributed by atoms with Gasteiger partial charge in [0.05, 0.1) is 10.8 Å². The fraction of sp³-hybridized carbons (Fsp3) is 0.250. The summed E-state index contributed by atoms with van der Waals surface area (Å²) in [5.74, 6) is 0.0231. The van der Waals surface area contributed by atoms with E-state index in [9.17, 15) is 9.18 Å². The largest absolute Gasteiger partial charge is 0.355 e. The van der Waals surface area contributed by atoms with Crippen LogP contribution in [0.2, 0.25) is 0 Å². The van der Waals surface area contributed by atoms with Crippen molar-refractivity contribution in [2.45, 2.75) is 23.8 Å². The Morgan fingerprint density at radius 3 is 2.59 bits per heavy atom. The van der Waals surface area contributed by atoms with Gasteiger partial charge in [-0.25, -0.2) is 4.39 Å². The van der Waals surface area contributed by atoms with Gasteiger partial charge in [0.2, 0.25) is 5.91 Å². The Morgan fingerprint density at radius 1 is 1.15 bits per heavy atom. The van der Waals surface area contributed by atoms with Gasteiger partial charge in [-0.15, -0.1) is 10.2 Å². The Labute approximate surface area is 162 Å². The van der Waals surface area contributed by atoms with Crippen molar-refractivity contribution in [1.82, 2.24) is 20.1 Å². The van der Waals surface area contributed by atoms with Crippen LogP contribution in [0.15, 0.2) is 59.8 Å². The zero-order valence-corrected chi connectivity index (χ0v) is 16.0. The minimum absolute atomic E-state index is 0.0635. The molecule has 0 aliphatic heterocycles. The zero-order chi connectivity index (χ0) is 19.2.